The average Bonchev–Trinajstić information content (AvgIpc) is 3.34. The summed E-state index contributed by atoms with van der Waals surface area (Å²) in [5.74, 6) is -0.131. The molecule has 0 aliphatic heterocycles. The standard InChI is InChI=1S/C28H25N5O4S/c1-18-15-25(33-37-18)32-26(34)19(2)38-23-12-10-22(11-13-23)30-28(36)24(16-20-7-6-14-29-17-20)31-27(35)21-8-4-3-5-9-21/h3-17,19H,1-2H3,(H,30,36)(H,31,35)(H,32,33,34)/b24-16-. The van der Waals surface area contributed by atoms with Gasteiger partial charge in [0.1, 0.15) is 11.5 Å². The predicted molar refractivity (Wildman–Crippen MR) is 146 cm³/mol. The van der Waals surface area contributed by atoms with Crippen molar-refractivity contribution in [3.63, 3.8) is 0 Å². The van der Waals surface area contributed by atoms with Crippen LogP contribution < -0.4 is 16.0 Å². The van der Waals surface area contributed by atoms with Crippen molar-refractivity contribution >= 4 is 47.1 Å². The van der Waals surface area contributed by atoms with Gasteiger partial charge < -0.3 is 20.5 Å². The van der Waals surface area contributed by atoms with Gasteiger partial charge in [0.15, 0.2) is 5.82 Å². The van der Waals surface area contributed by atoms with Crippen LogP contribution in [0.4, 0.5) is 11.5 Å². The third kappa shape index (κ3) is 7.40. The van der Waals surface area contributed by atoms with Crippen molar-refractivity contribution in [3.05, 3.63) is 108 Å². The number of carbonyl (C=O) groups is 3. The number of hydrogen-bond acceptors (Lipinski definition) is 7. The molecule has 0 saturated carbocycles. The lowest BCUT2D eigenvalue weighted by atomic mass is 10.2. The highest BCUT2D eigenvalue weighted by Crippen LogP contribution is 2.26. The minimum atomic E-state index is -0.491. The number of nitrogens with one attached hydrogen (secondary N) is 3. The highest BCUT2D eigenvalue weighted by molar-refractivity contribution is 8.00. The van der Waals surface area contributed by atoms with E-state index in [-0.39, 0.29) is 11.6 Å². The van der Waals surface area contributed by atoms with Crippen LogP contribution >= 0.6 is 11.8 Å². The molecule has 9 nitrogen and oxygen atoms in total. The number of anilines is 2. The molecule has 0 saturated heterocycles. The van der Waals surface area contributed by atoms with Crippen LogP contribution in [-0.4, -0.2) is 33.1 Å². The third-order valence-corrected chi connectivity index (χ3v) is 6.31. The van der Waals surface area contributed by atoms with Crippen LogP contribution in [-0.2, 0) is 9.59 Å². The van der Waals surface area contributed by atoms with Gasteiger partial charge in [-0.25, -0.2) is 0 Å². The Morgan fingerprint density at radius 1 is 0.974 bits per heavy atom. The Morgan fingerprint density at radius 2 is 1.74 bits per heavy atom. The normalized spacial score (nSPS) is 11.9. The first-order valence-corrected chi connectivity index (χ1v) is 12.6. The van der Waals surface area contributed by atoms with E-state index in [4.69, 9.17) is 4.52 Å². The molecule has 38 heavy (non-hydrogen) atoms. The molecule has 0 fully saturated rings. The number of pyridine rings is 1. The molecular weight excluding hydrogens is 502 g/mol. The van der Waals surface area contributed by atoms with E-state index in [2.05, 4.69) is 26.1 Å². The summed E-state index contributed by atoms with van der Waals surface area (Å²) in [6.07, 6.45) is 4.78. The fourth-order valence-electron chi connectivity index (χ4n) is 3.30. The van der Waals surface area contributed by atoms with E-state index in [1.807, 2.05) is 6.07 Å². The van der Waals surface area contributed by atoms with Crippen molar-refractivity contribution < 1.29 is 18.9 Å². The van der Waals surface area contributed by atoms with E-state index < -0.39 is 17.1 Å². The van der Waals surface area contributed by atoms with Crippen LogP contribution in [0.3, 0.4) is 0 Å². The second kappa shape index (κ2) is 12.5. The molecule has 4 rings (SSSR count). The maximum atomic E-state index is 13.1. The Hall–Kier alpha value is -4.70. The van der Waals surface area contributed by atoms with Crippen molar-refractivity contribution in [1.82, 2.24) is 15.5 Å². The van der Waals surface area contributed by atoms with Gasteiger partial charge in [0.2, 0.25) is 5.91 Å². The van der Waals surface area contributed by atoms with Gasteiger partial charge in [-0.05, 0) is 68.0 Å². The van der Waals surface area contributed by atoms with Crippen molar-refractivity contribution in [1.29, 1.82) is 0 Å². The molecule has 0 radical (unpaired) electrons. The molecule has 0 bridgehead atoms. The van der Waals surface area contributed by atoms with E-state index in [0.29, 0.717) is 28.4 Å². The van der Waals surface area contributed by atoms with Crippen LogP contribution in [0.1, 0.15) is 28.6 Å². The van der Waals surface area contributed by atoms with Crippen molar-refractivity contribution in [2.75, 3.05) is 10.6 Å². The molecule has 3 N–H and O–H groups in total. The molecular formula is C28H25N5O4S. The summed E-state index contributed by atoms with van der Waals surface area (Å²) < 4.78 is 4.97. The van der Waals surface area contributed by atoms with Crippen LogP contribution in [0, 0.1) is 6.92 Å². The van der Waals surface area contributed by atoms with Gasteiger partial charge in [-0.15, -0.1) is 11.8 Å². The summed E-state index contributed by atoms with van der Waals surface area (Å²) in [5, 5.41) is 11.6. The van der Waals surface area contributed by atoms with Crippen molar-refractivity contribution in [2.45, 2.75) is 24.0 Å². The minimum absolute atomic E-state index is 0.0682. The second-order valence-corrected chi connectivity index (χ2v) is 9.63. The summed E-state index contributed by atoms with van der Waals surface area (Å²) in [4.78, 5) is 43.2. The molecule has 0 spiro atoms. The molecule has 3 amide bonds. The molecule has 10 heteroatoms. The number of aryl methyl sites for hydroxylation is 1. The lowest BCUT2D eigenvalue weighted by Crippen LogP contribution is -2.30. The predicted octanol–water partition coefficient (Wildman–Crippen LogP) is 4.91. The number of benzene rings is 2. The average molecular weight is 528 g/mol. The fraction of sp³-hybridized carbons (Fsp3) is 0.107. The van der Waals surface area contributed by atoms with Crippen LogP contribution in [0.15, 0.2) is 100 Å². The molecule has 0 aliphatic carbocycles. The van der Waals surface area contributed by atoms with Crippen molar-refractivity contribution in [3.8, 4) is 0 Å². The molecule has 2 heterocycles. The maximum Gasteiger partial charge on any atom is 0.272 e. The van der Waals surface area contributed by atoms with Gasteiger partial charge in [0.05, 0.1) is 5.25 Å². The number of aromatic nitrogens is 2. The third-order valence-electron chi connectivity index (χ3n) is 5.20. The highest BCUT2D eigenvalue weighted by atomic mass is 32.2. The van der Waals surface area contributed by atoms with E-state index in [1.54, 1.807) is 99.0 Å². The minimum Gasteiger partial charge on any atom is -0.360 e. The molecule has 1 unspecified atom stereocenters. The molecule has 2 aromatic heterocycles. The fourth-order valence-corrected chi connectivity index (χ4v) is 4.16. The van der Waals surface area contributed by atoms with Gasteiger partial charge in [0.25, 0.3) is 11.8 Å². The summed E-state index contributed by atoms with van der Waals surface area (Å²) in [7, 11) is 0. The van der Waals surface area contributed by atoms with Gasteiger partial charge in [-0.3, -0.25) is 19.4 Å². The number of hydrogen-bond donors (Lipinski definition) is 3. The molecule has 2 aromatic carbocycles. The largest absolute Gasteiger partial charge is 0.360 e. The zero-order valence-electron chi connectivity index (χ0n) is 20.7. The molecule has 4 aromatic rings. The highest BCUT2D eigenvalue weighted by Gasteiger charge is 2.17. The monoisotopic (exact) mass is 527 g/mol. The van der Waals surface area contributed by atoms with Gasteiger partial charge in [0, 0.05) is 34.6 Å². The van der Waals surface area contributed by atoms with Gasteiger partial charge >= 0.3 is 0 Å². The van der Waals surface area contributed by atoms with E-state index >= 15 is 0 Å². The Kier molecular flexibility index (Phi) is 8.68. The smallest absolute Gasteiger partial charge is 0.272 e. The lowest BCUT2D eigenvalue weighted by molar-refractivity contribution is -0.115. The van der Waals surface area contributed by atoms with E-state index in [9.17, 15) is 14.4 Å². The van der Waals surface area contributed by atoms with E-state index in [0.717, 1.165) is 4.90 Å². The molecule has 0 aliphatic rings. The van der Waals surface area contributed by atoms with Gasteiger partial charge in [-0.2, -0.15) is 0 Å². The zero-order chi connectivity index (χ0) is 26.9. The van der Waals surface area contributed by atoms with E-state index in [1.165, 1.54) is 11.8 Å². The first kappa shape index (κ1) is 26.4. The number of carbonyl (C=O) groups excluding carboxylic acids is 3. The number of rotatable bonds is 9. The Labute approximate surface area is 223 Å². The SMILES string of the molecule is Cc1cc(NC(=O)C(C)Sc2ccc(NC(=O)/C(=C/c3cccnc3)NC(=O)c3ccccc3)cc2)no1. The topological polar surface area (TPSA) is 126 Å². The first-order chi connectivity index (χ1) is 18.4. The Bertz CT molecular complexity index is 1440. The van der Waals surface area contributed by atoms with Crippen LogP contribution in [0.25, 0.3) is 6.08 Å². The van der Waals surface area contributed by atoms with Gasteiger partial charge in [-0.1, -0.05) is 29.4 Å². The van der Waals surface area contributed by atoms with Crippen LogP contribution in [0.2, 0.25) is 0 Å². The first-order valence-electron chi connectivity index (χ1n) is 11.7. The molecule has 192 valence electrons. The summed E-state index contributed by atoms with van der Waals surface area (Å²) >= 11 is 1.36. The number of thioether (sulfide) groups is 1. The number of nitrogens with zero attached hydrogens (tertiary/aromatic N) is 2. The zero-order valence-corrected chi connectivity index (χ0v) is 21.5. The van der Waals surface area contributed by atoms with Crippen molar-refractivity contribution in [2.24, 2.45) is 0 Å². The quantitative estimate of drug-likeness (QED) is 0.209. The molecule has 1 atom stereocenters. The summed E-state index contributed by atoms with van der Waals surface area (Å²) in [6, 6.07) is 20.9. The summed E-state index contributed by atoms with van der Waals surface area (Å²) in [5.41, 5.74) is 1.68. The number of amides is 3. The Morgan fingerprint density at radius 3 is 2.39 bits per heavy atom. The lowest BCUT2D eigenvalue weighted by Gasteiger charge is -2.13. The van der Waals surface area contributed by atoms with Crippen LogP contribution in [0.5, 0.6) is 0 Å². The second-order valence-electron chi connectivity index (χ2n) is 8.22. The maximum absolute atomic E-state index is 13.1. The summed E-state index contributed by atoms with van der Waals surface area (Å²) in [6.45, 7) is 3.53. The Balaban J connectivity index is 1.41.